The van der Waals surface area contributed by atoms with Gasteiger partial charge in [0.1, 0.15) is 5.69 Å². The van der Waals surface area contributed by atoms with Crippen LogP contribution < -0.4 is 11.3 Å². The molecule has 0 aliphatic carbocycles. The molecule has 3 N–H and O–H groups in total. The second kappa shape index (κ2) is 3.43. The van der Waals surface area contributed by atoms with Gasteiger partial charge in [-0.2, -0.15) is 4.98 Å². The Kier molecular flexibility index (Phi) is 2.11. The first kappa shape index (κ1) is 8.64. The van der Waals surface area contributed by atoms with Crippen LogP contribution in [-0.4, -0.2) is 15.1 Å². The molecule has 0 atom stereocenters. The molecule has 14 heavy (non-hydrogen) atoms. The van der Waals surface area contributed by atoms with Gasteiger partial charge in [-0.3, -0.25) is 5.43 Å². The highest BCUT2D eigenvalue weighted by molar-refractivity contribution is 5.49. The SMILES string of the molecule is Cc1cccc(-c2noc(NN)n2)n1. The maximum Gasteiger partial charge on any atom is 0.335 e. The van der Waals surface area contributed by atoms with Crippen molar-refractivity contribution in [1.82, 2.24) is 15.1 Å². The van der Waals surface area contributed by atoms with Crippen LogP contribution in [0.4, 0.5) is 6.01 Å². The fourth-order valence-corrected chi connectivity index (χ4v) is 1.05. The lowest BCUT2D eigenvalue weighted by atomic mass is 10.3. The molecule has 0 aliphatic heterocycles. The monoisotopic (exact) mass is 191 g/mol. The fourth-order valence-electron chi connectivity index (χ4n) is 1.05. The van der Waals surface area contributed by atoms with Crippen LogP contribution >= 0.6 is 0 Å². The number of nitrogens with one attached hydrogen (secondary N) is 1. The van der Waals surface area contributed by atoms with Gasteiger partial charge in [0.15, 0.2) is 0 Å². The average Bonchev–Trinajstić information content (AvgIpc) is 2.66. The van der Waals surface area contributed by atoms with Crippen LogP contribution in [0.2, 0.25) is 0 Å². The summed E-state index contributed by atoms with van der Waals surface area (Å²) in [4.78, 5) is 8.20. The highest BCUT2D eigenvalue weighted by Crippen LogP contribution is 2.14. The fraction of sp³-hybridized carbons (Fsp3) is 0.125. The van der Waals surface area contributed by atoms with E-state index >= 15 is 0 Å². The van der Waals surface area contributed by atoms with Crippen LogP contribution in [0.25, 0.3) is 11.5 Å². The van der Waals surface area contributed by atoms with E-state index in [2.05, 4.69) is 20.6 Å². The van der Waals surface area contributed by atoms with Gasteiger partial charge in [-0.15, -0.1) is 0 Å². The number of nitrogens with two attached hydrogens (primary N) is 1. The Morgan fingerprint density at radius 3 is 2.86 bits per heavy atom. The number of hydrazine groups is 1. The summed E-state index contributed by atoms with van der Waals surface area (Å²) >= 11 is 0. The van der Waals surface area contributed by atoms with E-state index < -0.39 is 0 Å². The predicted octanol–water partition coefficient (Wildman–Crippen LogP) is 0.726. The van der Waals surface area contributed by atoms with E-state index in [1.54, 1.807) is 6.07 Å². The minimum absolute atomic E-state index is 0.170. The third-order valence-electron chi connectivity index (χ3n) is 1.67. The molecule has 0 saturated carbocycles. The van der Waals surface area contributed by atoms with Crippen molar-refractivity contribution < 1.29 is 4.52 Å². The van der Waals surface area contributed by atoms with Crippen molar-refractivity contribution in [3.8, 4) is 11.5 Å². The van der Waals surface area contributed by atoms with E-state index in [1.807, 2.05) is 19.1 Å². The second-order valence-electron chi connectivity index (χ2n) is 2.73. The van der Waals surface area contributed by atoms with Crippen LogP contribution in [0.1, 0.15) is 5.69 Å². The van der Waals surface area contributed by atoms with Gasteiger partial charge in [0.05, 0.1) is 0 Å². The Morgan fingerprint density at radius 1 is 1.36 bits per heavy atom. The zero-order valence-corrected chi connectivity index (χ0v) is 7.56. The number of aromatic nitrogens is 3. The summed E-state index contributed by atoms with van der Waals surface area (Å²) in [5.74, 6) is 5.52. The maximum atomic E-state index is 5.10. The average molecular weight is 191 g/mol. The Balaban J connectivity index is 2.39. The van der Waals surface area contributed by atoms with Gasteiger partial charge in [0, 0.05) is 5.69 Å². The number of nitrogen functional groups attached to an aromatic ring is 1. The van der Waals surface area contributed by atoms with Gasteiger partial charge >= 0.3 is 6.01 Å². The molecule has 6 nitrogen and oxygen atoms in total. The van der Waals surface area contributed by atoms with Crippen molar-refractivity contribution in [2.45, 2.75) is 6.92 Å². The van der Waals surface area contributed by atoms with Crippen LogP contribution in [-0.2, 0) is 0 Å². The second-order valence-corrected chi connectivity index (χ2v) is 2.73. The summed E-state index contributed by atoms with van der Waals surface area (Å²) in [5, 5.41) is 3.71. The smallest absolute Gasteiger partial charge is 0.314 e. The number of aryl methyl sites for hydroxylation is 1. The number of anilines is 1. The first-order chi connectivity index (χ1) is 6.79. The normalized spacial score (nSPS) is 10.1. The lowest BCUT2D eigenvalue weighted by Gasteiger charge is -1.94. The molecule has 2 aromatic rings. The van der Waals surface area contributed by atoms with E-state index in [4.69, 9.17) is 10.4 Å². The molecule has 0 aliphatic rings. The number of hydrogen-bond donors (Lipinski definition) is 2. The molecule has 0 unspecified atom stereocenters. The summed E-state index contributed by atoms with van der Waals surface area (Å²) in [7, 11) is 0. The molecule has 2 rings (SSSR count). The van der Waals surface area contributed by atoms with Crippen LogP contribution in [0.5, 0.6) is 0 Å². The van der Waals surface area contributed by atoms with Crippen molar-refractivity contribution in [2.75, 3.05) is 5.43 Å². The van der Waals surface area contributed by atoms with Crippen molar-refractivity contribution in [2.24, 2.45) is 5.84 Å². The highest BCUT2D eigenvalue weighted by atomic mass is 16.5. The predicted molar refractivity (Wildman–Crippen MR) is 50.1 cm³/mol. The largest absolute Gasteiger partial charge is 0.335 e. The maximum absolute atomic E-state index is 5.10. The van der Waals surface area contributed by atoms with Gasteiger partial charge in [-0.05, 0) is 19.1 Å². The van der Waals surface area contributed by atoms with E-state index in [0.29, 0.717) is 11.5 Å². The van der Waals surface area contributed by atoms with E-state index in [0.717, 1.165) is 5.69 Å². The van der Waals surface area contributed by atoms with E-state index in [1.165, 1.54) is 0 Å². The quantitative estimate of drug-likeness (QED) is 0.537. The van der Waals surface area contributed by atoms with Crippen molar-refractivity contribution in [3.05, 3.63) is 23.9 Å². The minimum Gasteiger partial charge on any atom is -0.314 e. The Morgan fingerprint density at radius 2 is 2.21 bits per heavy atom. The van der Waals surface area contributed by atoms with E-state index in [-0.39, 0.29) is 6.01 Å². The van der Waals surface area contributed by atoms with Crippen LogP contribution in [0, 0.1) is 6.92 Å². The van der Waals surface area contributed by atoms with Crippen molar-refractivity contribution >= 4 is 6.01 Å². The number of rotatable bonds is 2. The van der Waals surface area contributed by atoms with Crippen LogP contribution in [0.3, 0.4) is 0 Å². The Bertz CT molecular complexity index is 439. The van der Waals surface area contributed by atoms with Gasteiger partial charge in [-0.25, -0.2) is 10.8 Å². The minimum atomic E-state index is 0.170. The summed E-state index contributed by atoms with van der Waals surface area (Å²) in [5.41, 5.74) is 3.82. The van der Waals surface area contributed by atoms with Gasteiger partial charge in [0.2, 0.25) is 5.82 Å². The lowest BCUT2D eigenvalue weighted by Crippen LogP contribution is -2.06. The van der Waals surface area contributed by atoms with Crippen LogP contribution in [0.15, 0.2) is 22.7 Å². The molecule has 2 heterocycles. The summed E-state index contributed by atoms with van der Waals surface area (Å²) < 4.78 is 4.77. The van der Waals surface area contributed by atoms with E-state index in [9.17, 15) is 0 Å². The number of hydrogen-bond acceptors (Lipinski definition) is 6. The zero-order valence-electron chi connectivity index (χ0n) is 7.56. The summed E-state index contributed by atoms with van der Waals surface area (Å²) in [6.07, 6.45) is 0. The Hall–Kier alpha value is -1.95. The molecule has 0 bridgehead atoms. The zero-order chi connectivity index (χ0) is 9.97. The van der Waals surface area contributed by atoms with Gasteiger partial charge < -0.3 is 4.52 Å². The molecule has 0 aromatic carbocycles. The molecule has 0 radical (unpaired) electrons. The topological polar surface area (TPSA) is 89.9 Å². The van der Waals surface area contributed by atoms with Crippen molar-refractivity contribution in [1.29, 1.82) is 0 Å². The molecule has 2 aromatic heterocycles. The third kappa shape index (κ3) is 1.55. The molecule has 6 heteroatoms. The number of pyridine rings is 1. The summed E-state index contributed by atoms with van der Waals surface area (Å²) in [6, 6.07) is 5.75. The summed E-state index contributed by atoms with van der Waals surface area (Å²) in [6.45, 7) is 1.89. The highest BCUT2D eigenvalue weighted by Gasteiger charge is 2.07. The molecule has 72 valence electrons. The first-order valence-electron chi connectivity index (χ1n) is 4.04. The molecule has 0 saturated heterocycles. The Labute approximate surface area is 80.1 Å². The molecule has 0 spiro atoms. The molecule has 0 amide bonds. The molecular weight excluding hydrogens is 182 g/mol. The number of nitrogens with zero attached hydrogens (tertiary/aromatic N) is 3. The van der Waals surface area contributed by atoms with Gasteiger partial charge in [0.25, 0.3) is 0 Å². The molecular formula is C8H9N5O. The lowest BCUT2D eigenvalue weighted by molar-refractivity contribution is 0.432. The molecule has 0 fully saturated rings. The first-order valence-corrected chi connectivity index (χ1v) is 4.04. The third-order valence-corrected chi connectivity index (χ3v) is 1.67. The van der Waals surface area contributed by atoms with Gasteiger partial charge in [-0.1, -0.05) is 11.2 Å². The van der Waals surface area contributed by atoms with Crippen molar-refractivity contribution in [3.63, 3.8) is 0 Å². The standard InChI is InChI=1S/C8H9N5O/c1-5-3-2-4-6(10-5)7-11-8(12-9)14-13-7/h2-4H,9H2,1H3,(H,11,12,13).